The summed E-state index contributed by atoms with van der Waals surface area (Å²) >= 11 is 0. The van der Waals surface area contributed by atoms with Crippen LogP contribution in [0, 0.1) is 0 Å². The predicted molar refractivity (Wildman–Crippen MR) is 133 cm³/mol. The number of unbranched alkanes of at least 4 members (excludes halogenated alkanes) is 7. The van der Waals surface area contributed by atoms with Crippen molar-refractivity contribution in [2.24, 2.45) is 0 Å². The second-order valence-corrected chi connectivity index (χ2v) is 8.02. The zero-order valence-corrected chi connectivity index (χ0v) is 20.0. The third-order valence-electron chi connectivity index (χ3n) is 5.07. The Morgan fingerprint density at radius 2 is 1.42 bits per heavy atom. The first kappa shape index (κ1) is 29.4. The van der Waals surface area contributed by atoms with Gasteiger partial charge < -0.3 is 15.5 Å². The smallest absolute Gasteiger partial charge is 0.220 e. The third kappa shape index (κ3) is 20.0. The van der Waals surface area contributed by atoms with Crippen LogP contribution in [0.25, 0.3) is 0 Å². The molecule has 0 aliphatic heterocycles. The molecule has 0 fully saturated rings. The highest BCUT2D eigenvalue weighted by atomic mass is 16.3. The van der Waals surface area contributed by atoms with Gasteiger partial charge >= 0.3 is 0 Å². The van der Waals surface area contributed by atoms with E-state index in [9.17, 15) is 15.0 Å². The maximum atomic E-state index is 12.1. The monoisotopic (exact) mass is 433 g/mol. The lowest BCUT2D eigenvalue weighted by atomic mass is 10.1. The van der Waals surface area contributed by atoms with E-state index >= 15 is 0 Å². The van der Waals surface area contributed by atoms with E-state index in [1.807, 2.05) is 6.08 Å². The van der Waals surface area contributed by atoms with Crippen molar-refractivity contribution in [1.29, 1.82) is 0 Å². The molecule has 3 N–H and O–H groups in total. The van der Waals surface area contributed by atoms with E-state index in [1.165, 1.54) is 19.3 Å². The first-order valence-corrected chi connectivity index (χ1v) is 12.4. The van der Waals surface area contributed by atoms with Gasteiger partial charge in [0.05, 0.1) is 18.8 Å². The van der Waals surface area contributed by atoms with Crippen LogP contribution >= 0.6 is 0 Å². The summed E-state index contributed by atoms with van der Waals surface area (Å²) in [6.07, 6.45) is 29.0. The van der Waals surface area contributed by atoms with Gasteiger partial charge in [0.15, 0.2) is 0 Å². The van der Waals surface area contributed by atoms with Crippen LogP contribution in [0.5, 0.6) is 0 Å². The van der Waals surface area contributed by atoms with Crippen LogP contribution in [-0.4, -0.2) is 34.9 Å². The second kappa shape index (κ2) is 23.0. The van der Waals surface area contributed by atoms with E-state index in [1.54, 1.807) is 6.08 Å². The quantitative estimate of drug-likeness (QED) is 0.159. The van der Waals surface area contributed by atoms with Gasteiger partial charge in [-0.15, -0.1) is 0 Å². The molecule has 31 heavy (non-hydrogen) atoms. The Morgan fingerprint density at radius 1 is 0.806 bits per heavy atom. The van der Waals surface area contributed by atoms with Crippen LogP contribution in [0.3, 0.4) is 0 Å². The van der Waals surface area contributed by atoms with Crippen LogP contribution in [-0.2, 0) is 4.79 Å². The Balaban J connectivity index is 3.82. The molecule has 0 radical (unpaired) electrons. The third-order valence-corrected chi connectivity index (χ3v) is 5.07. The number of nitrogens with one attached hydrogen (secondary N) is 1. The minimum Gasteiger partial charge on any atom is -0.394 e. The lowest BCUT2D eigenvalue weighted by Gasteiger charge is -2.19. The number of aliphatic hydroxyl groups is 2. The average molecular weight is 434 g/mol. The maximum Gasteiger partial charge on any atom is 0.220 e. The van der Waals surface area contributed by atoms with Crippen molar-refractivity contribution >= 4 is 5.91 Å². The van der Waals surface area contributed by atoms with E-state index < -0.39 is 12.1 Å². The van der Waals surface area contributed by atoms with Crippen LogP contribution < -0.4 is 5.32 Å². The number of hydrogen-bond acceptors (Lipinski definition) is 3. The van der Waals surface area contributed by atoms with Gasteiger partial charge in [-0.1, -0.05) is 88.1 Å². The van der Waals surface area contributed by atoms with E-state index in [0.717, 1.165) is 57.8 Å². The summed E-state index contributed by atoms with van der Waals surface area (Å²) in [7, 11) is 0. The molecule has 0 aromatic rings. The lowest BCUT2D eigenvalue weighted by molar-refractivity contribution is -0.123. The number of rotatable bonds is 20. The molecule has 0 rings (SSSR count). The molecule has 1 amide bonds. The molecular weight excluding hydrogens is 386 g/mol. The molecule has 4 heteroatoms. The molecule has 178 valence electrons. The van der Waals surface area contributed by atoms with E-state index in [0.29, 0.717) is 6.42 Å². The van der Waals surface area contributed by atoms with E-state index in [4.69, 9.17) is 0 Å². The van der Waals surface area contributed by atoms with Crippen molar-refractivity contribution in [2.45, 2.75) is 109 Å². The Bertz CT molecular complexity index is 523. The molecule has 0 aromatic heterocycles. The zero-order chi connectivity index (χ0) is 23.0. The molecule has 0 aliphatic rings. The molecule has 2 unspecified atom stereocenters. The van der Waals surface area contributed by atoms with Crippen LogP contribution in [0.15, 0.2) is 48.6 Å². The fourth-order valence-corrected chi connectivity index (χ4v) is 3.13. The van der Waals surface area contributed by atoms with Crippen molar-refractivity contribution < 1.29 is 15.0 Å². The minimum atomic E-state index is -0.845. The second-order valence-electron chi connectivity index (χ2n) is 8.02. The fraction of sp³-hybridized carbons (Fsp3) is 0.667. The maximum absolute atomic E-state index is 12.1. The number of hydrogen-bond donors (Lipinski definition) is 3. The highest BCUT2D eigenvalue weighted by Crippen LogP contribution is 2.07. The molecule has 0 spiro atoms. The van der Waals surface area contributed by atoms with E-state index in [2.05, 4.69) is 55.6 Å². The number of amides is 1. The SMILES string of the molecule is CC/C=C\C/C=C\C/C=C\CCCCCC(=O)NC(CO)C(O)/C=C/CCCCCC. The Kier molecular flexibility index (Phi) is 21.8. The summed E-state index contributed by atoms with van der Waals surface area (Å²) in [5.74, 6) is -0.104. The molecular formula is C27H47NO3. The summed E-state index contributed by atoms with van der Waals surface area (Å²) < 4.78 is 0. The largest absolute Gasteiger partial charge is 0.394 e. The van der Waals surface area contributed by atoms with Crippen LogP contribution in [0.4, 0.5) is 0 Å². The summed E-state index contributed by atoms with van der Waals surface area (Å²) in [6, 6.07) is -0.632. The zero-order valence-electron chi connectivity index (χ0n) is 20.0. The Morgan fingerprint density at radius 3 is 2.06 bits per heavy atom. The molecule has 2 atom stereocenters. The van der Waals surface area contributed by atoms with Crippen LogP contribution in [0.2, 0.25) is 0 Å². The molecule has 0 saturated carbocycles. The lowest BCUT2D eigenvalue weighted by Crippen LogP contribution is -2.45. The van der Waals surface area contributed by atoms with Gasteiger partial charge in [-0.05, 0) is 51.4 Å². The van der Waals surface area contributed by atoms with Crippen molar-refractivity contribution in [1.82, 2.24) is 5.32 Å². The molecule has 0 saturated heterocycles. The summed E-state index contributed by atoms with van der Waals surface area (Å²) in [5.41, 5.74) is 0. The predicted octanol–water partition coefficient (Wildman–Crippen LogP) is 6.16. The molecule has 0 aromatic carbocycles. The summed E-state index contributed by atoms with van der Waals surface area (Å²) in [5, 5.41) is 22.4. The van der Waals surface area contributed by atoms with Gasteiger partial charge in [-0.2, -0.15) is 0 Å². The summed E-state index contributed by atoms with van der Waals surface area (Å²) in [6.45, 7) is 4.06. The first-order chi connectivity index (χ1) is 15.2. The number of carbonyl (C=O) groups excluding carboxylic acids is 1. The number of aliphatic hydroxyl groups excluding tert-OH is 2. The topological polar surface area (TPSA) is 69.6 Å². The van der Waals surface area contributed by atoms with Crippen molar-refractivity contribution in [3.05, 3.63) is 48.6 Å². The molecule has 0 heterocycles. The molecule has 0 aliphatic carbocycles. The minimum absolute atomic E-state index is 0.104. The standard InChI is InChI=1S/C27H47NO3/c1-3-5-7-9-11-12-13-14-15-16-17-19-21-23-27(31)28-25(24-29)26(30)22-20-18-10-8-6-4-2/h5,7,11-12,14-15,20,22,25-26,29-30H,3-4,6,8-10,13,16-19,21,23-24H2,1-2H3,(H,28,31)/b7-5-,12-11-,15-14-,22-20+. The first-order valence-electron chi connectivity index (χ1n) is 12.4. The van der Waals surface area contributed by atoms with Gasteiger partial charge in [0.1, 0.15) is 0 Å². The fourth-order valence-electron chi connectivity index (χ4n) is 3.13. The van der Waals surface area contributed by atoms with Crippen molar-refractivity contribution in [2.75, 3.05) is 6.61 Å². The van der Waals surface area contributed by atoms with E-state index in [-0.39, 0.29) is 12.5 Å². The van der Waals surface area contributed by atoms with Gasteiger partial charge in [0.25, 0.3) is 0 Å². The molecule has 4 nitrogen and oxygen atoms in total. The van der Waals surface area contributed by atoms with Gasteiger partial charge in [0, 0.05) is 6.42 Å². The molecule has 0 bridgehead atoms. The Labute approximate surface area is 191 Å². The highest BCUT2D eigenvalue weighted by Gasteiger charge is 2.17. The van der Waals surface area contributed by atoms with Gasteiger partial charge in [0.2, 0.25) is 5.91 Å². The normalized spacial score (nSPS) is 14.3. The van der Waals surface area contributed by atoms with Crippen molar-refractivity contribution in [3.8, 4) is 0 Å². The van der Waals surface area contributed by atoms with Gasteiger partial charge in [-0.25, -0.2) is 0 Å². The number of carbonyl (C=O) groups is 1. The van der Waals surface area contributed by atoms with Gasteiger partial charge in [-0.3, -0.25) is 4.79 Å². The Hall–Kier alpha value is -1.65. The van der Waals surface area contributed by atoms with Crippen molar-refractivity contribution in [3.63, 3.8) is 0 Å². The van der Waals surface area contributed by atoms with Crippen LogP contribution in [0.1, 0.15) is 97.3 Å². The average Bonchev–Trinajstić information content (AvgIpc) is 2.77. The number of allylic oxidation sites excluding steroid dienone is 7. The highest BCUT2D eigenvalue weighted by molar-refractivity contribution is 5.76. The summed E-state index contributed by atoms with van der Waals surface area (Å²) in [4.78, 5) is 12.1.